The maximum absolute atomic E-state index is 12.6. The Morgan fingerprint density at radius 3 is 2.67 bits per heavy atom. The third-order valence-electron chi connectivity index (χ3n) is 3.78. The number of carbonyl (C=O) groups excluding carboxylic acids is 1. The highest BCUT2D eigenvalue weighted by molar-refractivity contribution is 9.10. The van der Waals surface area contributed by atoms with Gasteiger partial charge in [-0.15, -0.1) is 0 Å². The molecule has 0 fully saturated rings. The molecule has 2 aromatic carbocycles. The molecule has 0 saturated carbocycles. The van der Waals surface area contributed by atoms with Gasteiger partial charge in [-0.2, -0.15) is 0 Å². The molecule has 0 aliphatic carbocycles. The SMILES string of the molecule is CN(Cc1ccc(Br)cc1)C(=O)N1CCc2ccccc21. The minimum Gasteiger partial charge on any atom is -0.323 e. The van der Waals surface area contributed by atoms with Gasteiger partial charge < -0.3 is 4.90 Å². The van der Waals surface area contributed by atoms with Gasteiger partial charge in [0.15, 0.2) is 0 Å². The summed E-state index contributed by atoms with van der Waals surface area (Å²) in [6.07, 6.45) is 0.939. The molecule has 0 bridgehead atoms. The second-order valence-corrected chi connectivity index (χ2v) is 6.21. The Hall–Kier alpha value is -1.81. The molecule has 108 valence electrons. The highest BCUT2D eigenvalue weighted by atomic mass is 79.9. The number of anilines is 1. The first-order valence-corrected chi connectivity index (χ1v) is 7.79. The first kappa shape index (κ1) is 14.1. The van der Waals surface area contributed by atoms with E-state index in [1.807, 2.05) is 54.4 Å². The summed E-state index contributed by atoms with van der Waals surface area (Å²) >= 11 is 3.42. The van der Waals surface area contributed by atoms with Crippen molar-refractivity contribution < 1.29 is 4.79 Å². The Morgan fingerprint density at radius 1 is 1.19 bits per heavy atom. The van der Waals surface area contributed by atoms with Crippen molar-refractivity contribution in [1.29, 1.82) is 0 Å². The minimum absolute atomic E-state index is 0.0582. The van der Waals surface area contributed by atoms with Gasteiger partial charge in [-0.05, 0) is 35.7 Å². The molecule has 0 unspecified atom stereocenters. The summed E-state index contributed by atoms with van der Waals surface area (Å²) in [5.74, 6) is 0. The zero-order valence-corrected chi connectivity index (χ0v) is 13.5. The number of rotatable bonds is 2. The standard InChI is InChI=1S/C17H17BrN2O/c1-19(12-13-6-8-15(18)9-7-13)17(21)20-11-10-14-4-2-3-5-16(14)20/h2-9H,10-12H2,1H3. The van der Waals surface area contributed by atoms with E-state index in [4.69, 9.17) is 0 Å². The highest BCUT2D eigenvalue weighted by Crippen LogP contribution is 2.28. The normalized spacial score (nSPS) is 13.1. The average Bonchev–Trinajstić information content (AvgIpc) is 2.92. The molecule has 1 aliphatic heterocycles. The van der Waals surface area contributed by atoms with E-state index in [1.165, 1.54) is 5.56 Å². The van der Waals surface area contributed by atoms with Gasteiger partial charge in [0.1, 0.15) is 0 Å². The van der Waals surface area contributed by atoms with Crippen molar-refractivity contribution in [2.75, 3.05) is 18.5 Å². The van der Waals surface area contributed by atoms with Crippen LogP contribution in [-0.4, -0.2) is 24.5 Å². The lowest BCUT2D eigenvalue weighted by molar-refractivity contribution is 0.214. The third-order valence-corrected chi connectivity index (χ3v) is 4.31. The fourth-order valence-corrected chi connectivity index (χ4v) is 2.94. The van der Waals surface area contributed by atoms with E-state index in [9.17, 15) is 4.79 Å². The highest BCUT2D eigenvalue weighted by Gasteiger charge is 2.26. The smallest absolute Gasteiger partial charge is 0.323 e. The number of urea groups is 1. The molecule has 2 aromatic rings. The molecular weight excluding hydrogens is 328 g/mol. The number of benzene rings is 2. The van der Waals surface area contributed by atoms with Crippen molar-refractivity contribution in [2.24, 2.45) is 0 Å². The number of nitrogens with zero attached hydrogens (tertiary/aromatic N) is 2. The Kier molecular flexibility index (Phi) is 3.97. The van der Waals surface area contributed by atoms with Gasteiger partial charge in [-0.1, -0.05) is 46.3 Å². The largest absolute Gasteiger partial charge is 0.324 e. The van der Waals surface area contributed by atoms with Crippen molar-refractivity contribution in [2.45, 2.75) is 13.0 Å². The Balaban J connectivity index is 1.72. The molecule has 0 spiro atoms. The molecule has 1 aliphatic rings. The molecule has 4 heteroatoms. The molecule has 2 amide bonds. The second kappa shape index (κ2) is 5.90. The molecule has 0 atom stereocenters. The van der Waals surface area contributed by atoms with Crippen LogP contribution in [0.4, 0.5) is 10.5 Å². The second-order valence-electron chi connectivity index (χ2n) is 5.30. The minimum atomic E-state index is 0.0582. The van der Waals surface area contributed by atoms with Gasteiger partial charge in [0.25, 0.3) is 0 Å². The lowest BCUT2D eigenvalue weighted by Gasteiger charge is -2.25. The van der Waals surface area contributed by atoms with E-state index in [2.05, 4.69) is 22.0 Å². The monoisotopic (exact) mass is 344 g/mol. The molecule has 3 nitrogen and oxygen atoms in total. The van der Waals surface area contributed by atoms with Gasteiger partial charge >= 0.3 is 6.03 Å². The molecule has 1 heterocycles. The van der Waals surface area contributed by atoms with E-state index in [-0.39, 0.29) is 6.03 Å². The topological polar surface area (TPSA) is 23.6 Å². The fourth-order valence-electron chi connectivity index (χ4n) is 2.67. The summed E-state index contributed by atoms with van der Waals surface area (Å²) in [6, 6.07) is 16.3. The van der Waals surface area contributed by atoms with Crippen molar-refractivity contribution in [3.63, 3.8) is 0 Å². The van der Waals surface area contributed by atoms with Gasteiger partial charge in [0.2, 0.25) is 0 Å². The number of hydrogen-bond acceptors (Lipinski definition) is 1. The van der Waals surface area contributed by atoms with Crippen LogP contribution in [0.3, 0.4) is 0 Å². The number of halogens is 1. The van der Waals surface area contributed by atoms with Crippen molar-refractivity contribution in [3.8, 4) is 0 Å². The van der Waals surface area contributed by atoms with E-state index >= 15 is 0 Å². The van der Waals surface area contributed by atoms with E-state index in [1.54, 1.807) is 4.90 Å². The number of fused-ring (bicyclic) bond motifs is 1. The lowest BCUT2D eigenvalue weighted by Crippen LogP contribution is -2.39. The van der Waals surface area contributed by atoms with Crippen molar-refractivity contribution in [3.05, 3.63) is 64.1 Å². The third kappa shape index (κ3) is 2.95. The number of hydrogen-bond donors (Lipinski definition) is 0. The molecule has 0 radical (unpaired) electrons. The summed E-state index contributed by atoms with van der Waals surface area (Å²) < 4.78 is 1.05. The van der Waals surface area contributed by atoms with Crippen LogP contribution in [0.15, 0.2) is 53.0 Å². The van der Waals surface area contributed by atoms with Crippen molar-refractivity contribution in [1.82, 2.24) is 4.90 Å². The molecule has 0 N–H and O–H groups in total. The van der Waals surface area contributed by atoms with Gasteiger partial charge in [0, 0.05) is 30.3 Å². The van der Waals surface area contributed by atoms with Crippen LogP contribution in [0, 0.1) is 0 Å². The van der Waals surface area contributed by atoms with Crippen LogP contribution >= 0.6 is 15.9 Å². The fraction of sp³-hybridized carbons (Fsp3) is 0.235. The van der Waals surface area contributed by atoms with Crippen molar-refractivity contribution >= 4 is 27.6 Å². The average molecular weight is 345 g/mol. The quantitative estimate of drug-likeness (QED) is 0.805. The van der Waals surface area contributed by atoms with Crippen LogP contribution in [0.25, 0.3) is 0 Å². The van der Waals surface area contributed by atoms with Crippen LogP contribution in [0.1, 0.15) is 11.1 Å². The van der Waals surface area contributed by atoms with Crippen LogP contribution in [0.5, 0.6) is 0 Å². The Morgan fingerprint density at radius 2 is 1.90 bits per heavy atom. The van der Waals surface area contributed by atoms with E-state index < -0.39 is 0 Å². The van der Waals surface area contributed by atoms with Crippen LogP contribution in [0.2, 0.25) is 0 Å². The van der Waals surface area contributed by atoms with E-state index in [0.29, 0.717) is 6.54 Å². The molecule has 0 aromatic heterocycles. The predicted octanol–water partition coefficient (Wildman–Crippen LogP) is 4.06. The first-order chi connectivity index (χ1) is 10.1. The predicted molar refractivity (Wildman–Crippen MR) is 88.5 cm³/mol. The summed E-state index contributed by atoms with van der Waals surface area (Å²) in [5.41, 5.74) is 3.43. The van der Waals surface area contributed by atoms with Gasteiger partial charge in [0.05, 0.1) is 0 Å². The Bertz CT molecular complexity index is 654. The van der Waals surface area contributed by atoms with Crippen LogP contribution in [-0.2, 0) is 13.0 Å². The molecular formula is C17H17BrN2O. The summed E-state index contributed by atoms with van der Waals surface area (Å²) in [7, 11) is 1.85. The molecule has 0 saturated heterocycles. The van der Waals surface area contributed by atoms with E-state index in [0.717, 1.165) is 28.7 Å². The number of amides is 2. The van der Waals surface area contributed by atoms with Gasteiger partial charge in [-0.3, -0.25) is 4.90 Å². The molecule has 21 heavy (non-hydrogen) atoms. The maximum Gasteiger partial charge on any atom is 0.324 e. The number of carbonyl (C=O) groups is 1. The first-order valence-electron chi connectivity index (χ1n) is 7.00. The maximum atomic E-state index is 12.6. The number of para-hydroxylation sites is 1. The summed E-state index contributed by atoms with van der Waals surface area (Å²) in [4.78, 5) is 16.3. The summed E-state index contributed by atoms with van der Waals surface area (Å²) in [5, 5.41) is 0. The Labute approximate surface area is 133 Å². The molecule has 3 rings (SSSR count). The van der Waals surface area contributed by atoms with Crippen LogP contribution < -0.4 is 4.90 Å². The zero-order valence-electron chi connectivity index (χ0n) is 11.9. The zero-order chi connectivity index (χ0) is 14.8. The summed E-state index contributed by atoms with van der Waals surface area (Å²) in [6.45, 7) is 1.38. The van der Waals surface area contributed by atoms with Gasteiger partial charge in [-0.25, -0.2) is 4.79 Å². The lowest BCUT2D eigenvalue weighted by atomic mass is 10.2.